The number of benzene rings is 2. The van der Waals surface area contributed by atoms with Gasteiger partial charge in [0.1, 0.15) is 17.6 Å². The molecule has 14 nitrogen and oxygen atoms in total. The number of sulfonamides is 1. The first-order valence-corrected chi connectivity index (χ1v) is 22.0. The molecule has 0 radical (unpaired) electrons. The van der Waals surface area contributed by atoms with Crippen LogP contribution in [0.2, 0.25) is 0 Å². The fourth-order valence-electron chi connectivity index (χ4n) is 6.07. The zero-order valence-corrected chi connectivity index (χ0v) is 33.9. The number of alkyl carbamates (subject to hydrolysis) is 1. The molecule has 5 atom stereocenters. The third-order valence-corrected chi connectivity index (χ3v) is 12.4. The Hall–Kier alpha value is -2.96. The van der Waals surface area contributed by atoms with Gasteiger partial charge in [0.15, 0.2) is 12.6 Å². The first kappa shape index (κ1) is 45.7. The first-order chi connectivity index (χ1) is 26.5. The maximum Gasteiger partial charge on any atom is 0.573 e. The van der Waals surface area contributed by atoms with Gasteiger partial charge in [0, 0.05) is 13.1 Å². The van der Waals surface area contributed by atoms with Gasteiger partial charge in [-0.05, 0) is 73.6 Å². The van der Waals surface area contributed by atoms with Crippen LogP contribution in [0.25, 0.3) is 0 Å². The van der Waals surface area contributed by atoms with E-state index in [0.717, 1.165) is 41.4 Å². The Bertz CT molecular complexity index is 1650. The Morgan fingerprint density at radius 3 is 2.20 bits per heavy atom. The molecule has 0 aromatic heterocycles. The summed E-state index contributed by atoms with van der Waals surface area (Å²) in [5, 5.41) is 14.4. The number of aliphatic hydroxyl groups is 1. The number of fused-ring (bicyclic) bond motifs is 1. The highest BCUT2D eigenvalue weighted by Crippen LogP contribution is 2.48. The molecule has 2 heterocycles. The molecule has 0 bridgehead atoms. The summed E-state index contributed by atoms with van der Waals surface area (Å²) in [6, 6.07) is 9.29. The number of hydrogen-bond acceptors (Lipinski definition) is 12. The molecule has 2 aliphatic heterocycles. The lowest BCUT2D eigenvalue weighted by Crippen LogP contribution is -2.51. The normalized spacial score (nSPS) is 19.9. The minimum atomic E-state index is -4.96. The summed E-state index contributed by atoms with van der Waals surface area (Å²) in [5.74, 6) is -0.598. The standard InChI is InChI=1S/C37H54F3N2O12PS/c1-5-7-18-51-55(45,52-19-8-6-2)25-50-28-11-9-27(10-12-28)21-32(41-36(44)53-34-24-49-35-31(34)17-20-48-35)33(43)23-42(22-26(3)4)56(46,47)30-15-13-29(14-16-30)54-37(38,39)40/h9-16,26,31-35,43H,5-8,17-25H2,1-4H3,(H,41,44)/t31-,32-,33+,34?,35+/m0/s1. The number of halogens is 3. The molecule has 0 saturated carbocycles. The van der Waals surface area contributed by atoms with Crippen molar-refractivity contribution in [2.75, 3.05) is 45.9 Å². The van der Waals surface area contributed by atoms with E-state index in [4.69, 9.17) is 28.0 Å². The average Bonchev–Trinajstić information content (AvgIpc) is 3.76. The van der Waals surface area contributed by atoms with E-state index in [0.29, 0.717) is 37.2 Å². The van der Waals surface area contributed by atoms with Gasteiger partial charge in [0.25, 0.3) is 0 Å². The fourth-order valence-corrected chi connectivity index (χ4v) is 9.03. The minimum absolute atomic E-state index is 0.0185. The van der Waals surface area contributed by atoms with E-state index in [-0.39, 0.29) is 55.9 Å². The third kappa shape index (κ3) is 14.1. The minimum Gasteiger partial charge on any atom is -0.481 e. The molecule has 316 valence electrons. The molecular formula is C37H54F3N2O12PS. The highest BCUT2D eigenvalue weighted by molar-refractivity contribution is 7.89. The molecule has 0 aliphatic carbocycles. The number of aliphatic hydroxyl groups excluding tert-OH is 1. The van der Waals surface area contributed by atoms with Crippen LogP contribution >= 0.6 is 7.60 Å². The lowest BCUT2D eigenvalue weighted by molar-refractivity contribution is -0.274. The van der Waals surface area contributed by atoms with Gasteiger partial charge in [-0.3, -0.25) is 4.57 Å². The predicted molar refractivity (Wildman–Crippen MR) is 199 cm³/mol. The zero-order chi connectivity index (χ0) is 40.9. The van der Waals surface area contributed by atoms with Crippen LogP contribution in [0, 0.1) is 11.8 Å². The van der Waals surface area contributed by atoms with Crippen LogP contribution < -0.4 is 14.8 Å². The highest BCUT2D eigenvalue weighted by atomic mass is 32.2. The van der Waals surface area contributed by atoms with Gasteiger partial charge in [-0.1, -0.05) is 52.7 Å². The van der Waals surface area contributed by atoms with Crippen LogP contribution in [0.1, 0.15) is 65.4 Å². The Morgan fingerprint density at radius 1 is 0.982 bits per heavy atom. The van der Waals surface area contributed by atoms with Gasteiger partial charge in [-0.15, -0.1) is 13.2 Å². The van der Waals surface area contributed by atoms with Gasteiger partial charge in [-0.25, -0.2) is 13.2 Å². The SMILES string of the molecule is CCCCOP(=O)(COc1ccc(C[C@H](NC(=O)OC2CO[C@H]3OCC[C@@H]23)[C@H](O)CN(CC(C)C)S(=O)(=O)c2ccc(OC(F)(F)F)cc2)cc1)OCCCC. The van der Waals surface area contributed by atoms with Crippen LogP contribution in [0.15, 0.2) is 53.4 Å². The van der Waals surface area contributed by atoms with Crippen LogP contribution in [0.3, 0.4) is 0 Å². The van der Waals surface area contributed by atoms with E-state index in [1.807, 2.05) is 13.8 Å². The van der Waals surface area contributed by atoms with E-state index < -0.39 is 66.9 Å². The largest absolute Gasteiger partial charge is 0.573 e. The van der Waals surface area contributed by atoms with Gasteiger partial charge in [-0.2, -0.15) is 4.31 Å². The summed E-state index contributed by atoms with van der Waals surface area (Å²) in [6.07, 6.45) is -4.88. The molecule has 1 unspecified atom stereocenters. The Kier molecular flexibility index (Phi) is 17.3. The van der Waals surface area contributed by atoms with E-state index in [1.165, 1.54) is 0 Å². The monoisotopic (exact) mass is 838 g/mol. The molecule has 19 heteroatoms. The summed E-state index contributed by atoms with van der Waals surface area (Å²) < 4.78 is 118. The molecule has 2 aromatic carbocycles. The van der Waals surface area contributed by atoms with Crippen molar-refractivity contribution >= 4 is 23.7 Å². The van der Waals surface area contributed by atoms with Crippen molar-refractivity contribution in [2.24, 2.45) is 11.8 Å². The molecule has 56 heavy (non-hydrogen) atoms. The van der Waals surface area contributed by atoms with Crippen LogP contribution in [0.5, 0.6) is 11.5 Å². The van der Waals surface area contributed by atoms with E-state index in [9.17, 15) is 36.1 Å². The van der Waals surface area contributed by atoms with Crippen molar-refractivity contribution in [1.29, 1.82) is 0 Å². The van der Waals surface area contributed by atoms with Crippen molar-refractivity contribution in [1.82, 2.24) is 9.62 Å². The summed E-state index contributed by atoms with van der Waals surface area (Å²) in [6.45, 7) is 8.10. The quantitative estimate of drug-likeness (QED) is 0.0884. The predicted octanol–water partition coefficient (Wildman–Crippen LogP) is 6.85. The van der Waals surface area contributed by atoms with Crippen molar-refractivity contribution in [2.45, 2.75) is 102 Å². The van der Waals surface area contributed by atoms with Crippen LogP contribution in [0.4, 0.5) is 18.0 Å². The molecule has 2 fully saturated rings. The number of carbonyl (C=O) groups is 1. The Balaban J connectivity index is 1.51. The zero-order valence-electron chi connectivity index (χ0n) is 32.1. The second-order valence-corrected chi connectivity index (χ2v) is 18.1. The molecule has 2 saturated heterocycles. The molecular weight excluding hydrogens is 784 g/mol. The lowest BCUT2D eigenvalue weighted by Gasteiger charge is -2.31. The summed E-state index contributed by atoms with van der Waals surface area (Å²) in [5.41, 5.74) is 0.621. The first-order valence-electron chi connectivity index (χ1n) is 18.9. The van der Waals surface area contributed by atoms with Gasteiger partial charge in [0.05, 0.1) is 49.4 Å². The number of alkyl halides is 3. The molecule has 1 amide bonds. The average molecular weight is 839 g/mol. The number of rotatable bonds is 23. The van der Waals surface area contributed by atoms with Gasteiger partial charge >= 0.3 is 20.1 Å². The number of unbranched alkanes of at least 4 members (excludes halogenated alkanes) is 2. The Labute approximate surface area is 326 Å². The molecule has 4 rings (SSSR count). The van der Waals surface area contributed by atoms with Gasteiger partial charge in [0.2, 0.25) is 10.0 Å². The van der Waals surface area contributed by atoms with Gasteiger partial charge < -0.3 is 43.2 Å². The molecule has 2 aliphatic rings. The van der Waals surface area contributed by atoms with Crippen molar-refractivity contribution in [3.8, 4) is 11.5 Å². The molecule has 2 N–H and O–H groups in total. The molecule has 2 aromatic rings. The summed E-state index contributed by atoms with van der Waals surface area (Å²) in [7, 11) is -7.89. The third-order valence-electron chi connectivity index (χ3n) is 9.01. The maximum atomic E-state index is 13.8. The van der Waals surface area contributed by atoms with E-state index in [2.05, 4.69) is 10.1 Å². The lowest BCUT2D eigenvalue weighted by atomic mass is 10.0. The Morgan fingerprint density at radius 2 is 1.61 bits per heavy atom. The fraction of sp³-hybridized carbons (Fsp3) is 0.649. The smallest absolute Gasteiger partial charge is 0.481 e. The number of nitrogens with one attached hydrogen (secondary N) is 1. The topological polar surface area (TPSA) is 168 Å². The molecule has 0 spiro atoms. The number of hydrogen-bond donors (Lipinski definition) is 2. The van der Waals surface area contributed by atoms with Crippen molar-refractivity contribution in [3.05, 3.63) is 54.1 Å². The number of ether oxygens (including phenoxy) is 5. The van der Waals surface area contributed by atoms with Crippen molar-refractivity contribution < 1.29 is 68.8 Å². The second-order valence-electron chi connectivity index (χ2n) is 14.1. The van der Waals surface area contributed by atoms with E-state index in [1.54, 1.807) is 38.1 Å². The maximum absolute atomic E-state index is 13.8. The second kappa shape index (κ2) is 21.2. The number of carbonyl (C=O) groups excluding carboxylic acids is 1. The van der Waals surface area contributed by atoms with E-state index >= 15 is 0 Å². The van der Waals surface area contributed by atoms with Crippen molar-refractivity contribution in [3.63, 3.8) is 0 Å². The highest BCUT2D eigenvalue weighted by Gasteiger charge is 2.44. The summed E-state index contributed by atoms with van der Waals surface area (Å²) >= 11 is 0. The summed E-state index contributed by atoms with van der Waals surface area (Å²) in [4.78, 5) is 13.0. The van der Waals surface area contributed by atoms with Crippen LogP contribution in [-0.4, -0.2) is 101 Å². The number of nitrogens with zero attached hydrogens (tertiary/aromatic N) is 1. The van der Waals surface area contributed by atoms with Crippen LogP contribution in [-0.2, 0) is 44.3 Å². The number of amides is 1.